The minimum Gasteiger partial charge on any atom is -0.292 e. The average Bonchev–Trinajstić information content (AvgIpc) is 2.78. The molecule has 10 nitrogen and oxygen atoms in total. The molecule has 3 aromatic rings. The van der Waals surface area contributed by atoms with Gasteiger partial charge in [-0.2, -0.15) is 8.42 Å². The number of sulfone groups is 1. The Morgan fingerprint density at radius 1 is 0.970 bits per heavy atom. The molecule has 0 spiro atoms. The van der Waals surface area contributed by atoms with E-state index in [2.05, 4.69) is 10.3 Å². The van der Waals surface area contributed by atoms with E-state index in [4.69, 9.17) is 4.18 Å². The molecule has 0 bridgehead atoms. The molecule has 1 heterocycles. The van der Waals surface area contributed by atoms with Crippen LogP contribution in [0.5, 0.6) is 0 Å². The van der Waals surface area contributed by atoms with E-state index in [0.29, 0.717) is 11.1 Å². The lowest BCUT2D eigenvalue weighted by Gasteiger charge is -2.19. The molecule has 1 unspecified atom stereocenters. The number of nitrogens with one attached hydrogen (secondary N) is 1. The molecule has 0 aliphatic heterocycles. The smallest absolute Gasteiger partial charge is 0.288 e. The molecule has 174 valence electrons. The first kappa shape index (κ1) is 24.5. The molecular formula is C21H21N3O7S2. The number of nitro benzene ring substituents is 1. The number of rotatable bonds is 10. The number of nitrogens with zero attached hydrogens (tertiary/aromatic N) is 2. The Hall–Kier alpha value is -3.19. The number of benzene rings is 2. The third-order valence-electron chi connectivity index (χ3n) is 4.59. The second-order valence-corrected chi connectivity index (χ2v) is 10.7. The molecule has 0 radical (unpaired) electrons. The van der Waals surface area contributed by atoms with E-state index in [-0.39, 0.29) is 18.8 Å². The molecule has 12 heteroatoms. The predicted octanol–water partition coefficient (Wildman–Crippen LogP) is 2.73. The normalized spacial score (nSPS) is 12.9. The molecular weight excluding hydrogens is 470 g/mol. The van der Waals surface area contributed by atoms with Crippen molar-refractivity contribution in [1.29, 1.82) is 0 Å². The summed E-state index contributed by atoms with van der Waals surface area (Å²) in [5.41, 5.74) is 0.999. The number of para-hydroxylation sites is 1. The molecule has 0 fully saturated rings. The van der Waals surface area contributed by atoms with E-state index < -0.39 is 40.8 Å². The summed E-state index contributed by atoms with van der Waals surface area (Å²) in [4.78, 5) is 14.4. The number of pyridine rings is 1. The van der Waals surface area contributed by atoms with Crippen molar-refractivity contribution < 1.29 is 25.9 Å². The zero-order valence-corrected chi connectivity index (χ0v) is 19.1. The average molecular weight is 492 g/mol. The minimum absolute atomic E-state index is 0.105. The Balaban J connectivity index is 1.87. The quantitative estimate of drug-likeness (QED) is 0.257. The molecule has 1 aromatic heterocycles. The molecule has 0 saturated carbocycles. The largest absolute Gasteiger partial charge is 0.292 e. The Kier molecular flexibility index (Phi) is 7.53. The summed E-state index contributed by atoms with van der Waals surface area (Å²) in [6, 6.07) is 16.7. The van der Waals surface area contributed by atoms with E-state index in [1.165, 1.54) is 30.5 Å². The van der Waals surface area contributed by atoms with Crippen molar-refractivity contribution in [2.45, 2.75) is 23.4 Å². The monoisotopic (exact) mass is 491 g/mol. The van der Waals surface area contributed by atoms with E-state index in [9.17, 15) is 26.9 Å². The van der Waals surface area contributed by atoms with Gasteiger partial charge < -0.3 is 0 Å². The highest BCUT2D eigenvalue weighted by atomic mass is 32.2. The van der Waals surface area contributed by atoms with Gasteiger partial charge in [-0.05, 0) is 29.3 Å². The lowest BCUT2D eigenvalue weighted by Crippen LogP contribution is -2.29. The van der Waals surface area contributed by atoms with Gasteiger partial charge in [0.1, 0.15) is 4.90 Å². The van der Waals surface area contributed by atoms with Crippen LogP contribution >= 0.6 is 0 Å². The fourth-order valence-electron chi connectivity index (χ4n) is 3.02. The van der Waals surface area contributed by atoms with Crippen molar-refractivity contribution in [1.82, 2.24) is 10.3 Å². The first-order valence-electron chi connectivity index (χ1n) is 9.62. The summed E-state index contributed by atoms with van der Waals surface area (Å²) in [7, 11) is -7.81. The number of hydrogen-bond donors (Lipinski definition) is 1. The molecule has 33 heavy (non-hydrogen) atoms. The van der Waals surface area contributed by atoms with Gasteiger partial charge in [-0.15, -0.1) is 0 Å². The lowest BCUT2D eigenvalue weighted by atomic mass is 10.1. The number of hydrogen-bond acceptors (Lipinski definition) is 9. The van der Waals surface area contributed by atoms with Crippen molar-refractivity contribution in [2.24, 2.45) is 0 Å². The fraction of sp³-hybridized carbons (Fsp3) is 0.190. The zero-order valence-electron chi connectivity index (χ0n) is 17.5. The second-order valence-electron chi connectivity index (χ2n) is 7.07. The Bertz CT molecular complexity index is 1330. The van der Waals surface area contributed by atoms with E-state index in [0.717, 1.165) is 12.3 Å². The highest BCUT2D eigenvalue weighted by molar-refractivity contribution is 7.91. The van der Waals surface area contributed by atoms with Crippen LogP contribution in [0.15, 0.2) is 77.8 Å². The van der Waals surface area contributed by atoms with Gasteiger partial charge in [-0.3, -0.25) is 24.6 Å². The predicted molar refractivity (Wildman–Crippen MR) is 120 cm³/mol. The van der Waals surface area contributed by atoms with E-state index in [1.807, 2.05) is 0 Å². The topological polar surface area (TPSA) is 146 Å². The maximum atomic E-state index is 13.4. The molecule has 1 N–H and O–H groups in total. The molecule has 0 aliphatic carbocycles. The van der Waals surface area contributed by atoms with Gasteiger partial charge in [-0.25, -0.2) is 8.42 Å². The highest BCUT2D eigenvalue weighted by Crippen LogP contribution is 2.32. The van der Waals surface area contributed by atoms with Gasteiger partial charge in [0, 0.05) is 18.8 Å². The molecule has 2 aromatic carbocycles. The summed E-state index contributed by atoms with van der Waals surface area (Å²) in [5, 5.41) is 13.0. The Morgan fingerprint density at radius 2 is 1.61 bits per heavy atom. The van der Waals surface area contributed by atoms with Crippen LogP contribution in [0.25, 0.3) is 0 Å². The molecule has 0 amide bonds. The zero-order chi connectivity index (χ0) is 24.1. The van der Waals surface area contributed by atoms with Crippen LogP contribution in [0.2, 0.25) is 0 Å². The van der Waals surface area contributed by atoms with Gasteiger partial charge in [0.05, 0.1) is 23.5 Å². The van der Waals surface area contributed by atoms with Crippen molar-refractivity contribution in [2.75, 3.05) is 6.26 Å². The van der Waals surface area contributed by atoms with Crippen LogP contribution < -0.4 is 5.32 Å². The maximum absolute atomic E-state index is 13.4. The van der Waals surface area contributed by atoms with Crippen molar-refractivity contribution in [3.8, 4) is 0 Å². The Morgan fingerprint density at radius 3 is 2.21 bits per heavy atom. The molecule has 0 aliphatic rings. The first-order valence-corrected chi connectivity index (χ1v) is 13.0. The summed E-state index contributed by atoms with van der Waals surface area (Å²) >= 11 is 0. The minimum atomic E-state index is -4.24. The summed E-state index contributed by atoms with van der Waals surface area (Å²) in [6.45, 7) is -0.0104. The maximum Gasteiger partial charge on any atom is 0.288 e. The van der Waals surface area contributed by atoms with Crippen LogP contribution in [-0.2, 0) is 37.3 Å². The highest BCUT2D eigenvalue weighted by Gasteiger charge is 2.35. The fourth-order valence-corrected chi connectivity index (χ4v) is 5.09. The van der Waals surface area contributed by atoms with E-state index in [1.54, 1.807) is 36.4 Å². The lowest BCUT2D eigenvalue weighted by molar-refractivity contribution is -0.387. The Labute approximate surface area is 191 Å². The van der Waals surface area contributed by atoms with Gasteiger partial charge in [-0.1, -0.05) is 42.5 Å². The van der Waals surface area contributed by atoms with Crippen molar-refractivity contribution in [3.63, 3.8) is 0 Å². The number of nitro groups is 1. The first-order chi connectivity index (χ1) is 15.6. The van der Waals surface area contributed by atoms with Crippen LogP contribution in [0.3, 0.4) is 0 Å². The third kappa shape index (κ3) is 6.42. The molecule has 1 atom stereocenters. The SMILES string of the molecule is CS(=O)(=O)OCc1ccc(CNC(c2ccccn2)S(=O)(=O)c2ccccc2[N+](=O)[O-])cc1. The van der Waals surface area contributed by atoms with Gasteiger partial charge in [0.25, 0.3) is 15.8 Å². The third-order valence-corrected chi connectivity index (χ3v) is 7.12. The van der Waals surface area contributed by atoms with Gasteiger partial charge >= 0.3 is 0 Å². The van der Waals surface area contributed by atoms with Gasteiger partial charge in [0.15, 0.2) is 5.37 Å². The molecule has 0 saturated heterocycles. The summed E-state index contributed by atoms with van der Waals surface area (Å²) in [6.07, 6.45) is 2.40. The summed E-state index contributed by atoms with van der Waals surface area (Å²) in [5.74, 6) is 0. The van der Waals surface area contributed by atoms with Crippen molar-refractivity contribution in [3.05, 3.63) is 99.9 Å². The number of aromatic nitrogens is 1. The van der Waals surface area contributed by atoms with E-state index >= 15 is 0 Å². The standard InChI is InChI=1S/C21H21N3O7S2/c1-32(27,28)31-15-17-11-9-16(10-12-17)14-23-21(18-6-4-5-13-22-18)33(29,30)20-8-3-2-7-19(20)24(25)26/h2-13,21,23H,14-15H2,1H3. The van der Waals surface area contributed by atoms with Crippen molar-refractivity contribution >= 4 is 25.6 Å². The molecule has 3 rings (SSSR count). The summed E-state index contributed by atoms with van der Waals surface area (Å²) < 4.78 is 53.9. The second kappa shape index (κ2) is 10.2. The van der Waals surface area contributed by atoms with Crippen LogP contribution in [0, 0.1) is 10.1 Å². The van der Waals surface area contributed by atoms with Crippen LogP contribution in [0.1, 0.15) is 22.2 Å². The van der Waals surface area contributed by atoms with Crippen LogP contribution in [-0.4, -0.2) is 33.0 Å². The van der Waals surface area contributed by atoms with Gasteiger partial charge in [0.2, 0.25) is 9.84 Å². The van der Waals surface area contributed by atoms with Crippen LogP contribution in [0.4, 0.5) is 5.69 Å².